The molecule has 1 aliphatic heterocycles. The predicted molar refractivity (Wildman–Crippen MR) is 60.8 cm³/mol. The Morgan fingerprint density at radius 2 is 2.23 bits per heavy atom. The van der Waals surface area contributed by atoms with Crippen molar-refractivity contribution in [2.45, 2.75) is 63.2 Å². The fourth-order valence-electron chi connectivity index (χ4n) is 2.05. The molecule has 3 heteroatoms. The second-order valence-electron chi connectivity index (χ2n) is 4.60. The highest BCUT2D eigenvalue weighted by Crippen LogP contribution is 2.39. The van der Waals surface area contributed by atoms with Crippen LogP contribution in [0.4, 0.5) is 0 Å². The lowest BCUT2D eigenvalue weighted by Gasteiger charge is -2.44. The van der Waals surface area contributed by atoms with Gasteiger partial charge in [-0.1, -0.05) is 13.3 Å². The Kier molecular flexibility index (Phi) is 3.47. The first-order valence-corrected chi connectivity index (χ1v) is 8.27. The molecular weight excluding hydrogens is 200 g/mol. The van der Waals surface area contributed by atoms with E-state index >= 15 is 0 Å². The molecule has 13 heavy (non-hydrogen) atoms. The summed E-state index contributed by atoms with van der Waals surface area (Å²) in [6, 6.07) is 1.23. The summed E-state index contributed by atoms with van der Waals surface area (Å²) in [4.78, 5) is 0. The minimum absolute atomic E-state index is 0.0817. The van der Waals surface area contributed by atoms with E-state index in [-0.39, 0.29) is 4.50 Å². The standard InChI is InChI=1S/C10H21ClOSi/c1-5-10(3,11)13(4)8-6-7-9(2)12-13/h9H,5-8H2,1-4H3. The molecule has 3 atom stereocenters. The van der Waals surface area contributed by atoms with Crippen LogP contribution in [-0.2, 0) is 4.43 Å². The molecule has 0 aromatic heterocycles. The summed E-state index contributed by atoms with van der Waals surface area (Å²) in [5.74, 6) is 0. The molecule has 1 heterocycles. The third-order valence-corrected chi connectivity index (χ3v) is 9.75. The van der Waals surface area contributed by atoms with Crippen molar-refractivity contribution in [2.24, 2.45) is 0 Å². The zero-order valence-corrected chi connectivity index (χ0v) is 10.9. The van der Waals surface area contributed by atoms with Crippen molar-refractivity contribution in [3.63, 3.8) is 0 Å². The summed E-state index contributed by atoms with van der Waals surface area (Å²) in [7, 11) is -1.66. The van der Waals surface area contributed by atoms with E-state index in [1.165, 1.54) is 18.9 Å². The highest BCUT2D eigenvalue weighted by Gasteiger charge is 2.48. The topological polar surface area (TPSA) is 9.23 Å². The molecule has 0 aromatic carbocycles. The van der Waals surface area contributed by atoms with Gasteiger partial charge in [-0.2, -0.15) is 0 Å². The van der Waals surface area contributed by atoms with Gasteiger partial charge in [0, 0.05) is 6.10 Å². The summed E-state index contributed by atoms with van der Waals surface area (Å²) in [5.41, 5.74) is 0. The van der Waals surface area contributed by atoms with Crippen LogP contribution in [0.1, 0.15) is 40.0 Å². The summed E-state index contributed by atoms with van der Waals surface area (Å²) in [6.45, 7) is 8.78. The Balaban J connectivity index is 2.74. The molecule has 0 spiro atoms. The van der Waals surface area contributed by atoms with E-state index in [4.69, 9.17) is 16.0 Å². The van der Waals surface area contributed by atoms with Crippen molar-refractivity contribution in [1.82, 2.24) is 0 Å². The van der Waals surface area contributed by atoms with E-state index in [0.717, 1.165) is 6.42 Å². The Hall–Kier alpha value is 0.467. The molecule has 0 aliphatic carbocycles. The van der Waals surface area contributed by atoms with E-state index in [0.29, 0.717) is 6.10 Å². The molecular formula is C10H21ClOSi. The fraction of sp³-hybridized carbons (Fsp3) is 1.00. The van der Waals surface area contributed by atoms with Crippen molar-refractivity contribution in [3.05, 3.63) is 0 Å². The van der Waals surface area contributed by atoms with E-state index < -0.39 is 8.32 Å². The van der Waals surface area contributed by atoms with Gasteiger partial charge in [0.1, 0.15) is 0 Å². The fourth-order valence-corrected chi connectivity index (χ4v) is 5.98. The highest BCUT2D eigenvalue weighted by atomic mass is 35.5. The molecule has 1 nitrogen and oxygen atoms in total. The van der Waals surface area contributed by atoms with E-state index in [9.17, 15) is 0 Å². The quantitative estimate of drug-likeness (QED) is 0.509. The molecule has 0 amide bonds. The van der Waals surface area contributed by atoms with E-state index in [1.54, 1.807) is 0 Å². The predicted octanol–water partition coefficient (Wildman–Crippen LogP) is 3.71. The second kappa shape index (κ2) is 3.91. The molecule has 1 rings (SSSR count). The number of rotatable bonds is 2. The smallest absolute Gasteiger partial charge is 0.210 e. The molecule has 0 radical (unpaired) electrons. The minimum atomic E-state index is -1.66. The maximum atomic E-state index is 6.54. The summed E-state index contributed by atoms with van der Waals surface area (Å²) in [5, 5.41) is 0. The maximum Gasteiger partial charge on any atom is 0.210 e. The first-order valence-electron chi connectivity index (χ1n) is 5.28. The lowest BCUT2D eigenvalue weighted by Crippen LogP contribution is -2.56. The SMILES string of the molecule is CCC(C)(Cl)[Si]1(C)CCCC(C)O1. The van der Waals surface area contributed by atoms with Gasteiger partial charge >= 0.3 is 0 Å². The Labute approximate surface area is 87.9 Å². The van der Waals surface area contributed by atoms with Crippen LogP contribution in [0, 0.1) is 0 Å². The van der Waals surface area contributed by atoms with Gasteiger partial charge < -0.3 is 4.43 Å². The van der Waals surface area contributed by atoms with Gasteiger partial charge in [-0.25, -0.2) is 0 Å². The normalized spacial score (nSPS) is 39.9. The Bertz CT molecular complexity index is 184. The lowest BCUT2D eigenvalue weighted by atomic mass is 10.2. The third kappa shape index (κ3) is 2.28. The molecule has 0 aromatic rings. The lowest BCUT2D eigenvalue weighted by molar-refractivity contribution is 0.168. The monoisotopic (exact) mass is 220 g/mol. The molecule has 3 unspecified atom stereocenters. The van der Waals surface area contributed by atoms with Gasteiger partial charge in [-0.3, -0.25) is 0 Å². The summed E-state index contributed by atoms with van der Waals surface area (Å²) >= 11 is 6.54. The molecule has 1 saturated heterocycles. The average molecular weight is 221 g/mol. The van der Waals surface area contributed by atoms with Gasteiger partial charge in [-0.15, -0.1) is 11.6 Å². The van der Waals surface area contributed by atoms with Crippen LogP contribution in [0.2, 0.25) is 12.6 Å². The van der Waals surface area contributed by atoms with E-state index in [1.807, 2.05) is 0 Å². The molecule has 0 N–H and O–H groups in total. The third-order valence-electron chi connectivity index (χ3n) is 3.49. The number of halogens is 1. The van der Waals surface area contributed by atoms with Crippen LogP contribution in [-0.4, -0.2) is 18.9 Å². The minimum Gasteiger partial charge on any atom is -0.413 e. The van der Waals surface area contributed by atoms with Crippen LogP contribution in [0.25, 0.3) is 0 Å². The molecule has 1 fully saturated rings. The number of hydrogen-bond acceptors (Lipinski definition) is 1. The molecule has 0 bridgehead atoms. The first-order chi connectivity index (χ1) is 5.91. The Morgan fingerprint density at radius 3 is 2.69 bits per heavy atom. The zero-order valence-electron chi connectivity index (χ0n) is 9.19. The van der Waals surface area contributed by atoms with Crippen LogP contribution in [0.5, 0.6) is 0 Å². The largest absolute Gasteiger partial charge is 0.413 e. The van der Waals surface area contributed by atoms with Gasteiger partial charge in [0.2, 0.25) is 8.32 Å². The first kappa shape index (κ1) is 11.5. The van der Waals surface area contributed by atoms with Crippen molar-refractivity contribution < 1.29 is 4.43 Å². The van der Waals surface area contributed by atoms with Crippen LogP contribution in [0.3, 0.4) is 0 Å². The maximum absolute atomic E-state index is 6.54. The average Bonchev–Trinajstić information content (AvgIpc) is 2.03. The van der Waals surface area contributed by atoms with Gasteiger partial charge in [0.25, 0.3) is 0 Å². The number of hydrogen-bond donors (Lipinski definition) is 0. The molecule has 78 valence electrons. The highest BCUT2D eigenvalue weighted by molar-refractivity contribution is 6.83. The van der Waals surface area contributed by atoms with E-state index in [2.05, 4.69) is 27.3 Å². The molecule has 0 saturated carbocycles. The van der Waals surface area contributed by atoms with Gasteiger partial charge in [0.05, 0.1) is 4.50 Å². The number of alkyl halides is 1. The summed E-state index contributed by atoms with van der Waals surface area (Å²) in [6.07, 6.45) is 3.95. The van der Waals surface area contributed by atoms with Crippen molar-refractivity contribution in [1.29, 1.82) is 0 Å². The zero-order chi connectivity index (χ0) is 10.1. The van der Waals surface area contributed by atoms with Gasteiger partial charge in [-0.05, 0) is 39.3 Å². The van der Waals surface area contributed by atoms with Crippen molar-refractivity contribution in [3.8, 4) is 0 Å². The Morgan fingerprint density at radius 1 is 1.62 bits per heavy atom. The van der Waals surface area contributed by atoms with Crippen molar-refractivity contribution >= 4 is 19.9 Å². The van der Waals surface area contributed by atoms with Crippen molar-refractivity contribution in [2.75, 3.05) is 0 Å². The van der Waals surface area contributed by atoms with Gasteiger partial charge in [0.15, 0.2) is 0 Å². The second-order valence-corrected chi connectivity index (χ2v) is 10.1. The van der Waals surface area contributed by atoms with Crippen LogP contribution in [0.15, 0.2) is 0 Å². The molecule has 1 aliphatic rings. The van der Waals surface area contributed by atoms with Crippen LogP contribution >= 0.6 is 11.6 Å². The summed E-state index contributed by atoms with van der Waals surface area (Å²) < 4.78 is 6.05. The van der Waals surface area contributed by atoms with Crippen LogP contribution < -0.4 is 0 Å².